The summed E-state index contributed by atoms with van der Waals surface area (Å²) < 4.78 is 18.2. The normalized spacial score (nSPS) is 11.6. The molecule has 2 rings (SSSR count). The van der Waals surface area contributed by atoms with Crippen LogP contribution < -0.4 is 4.74 Å². The van der Waals surface area contributed by atoms with E-state index in [1.165, 1.54) is 18.2 Å². The van der Waals surface area contributed by atoms with E-state index in [0.717, 1.165) is 11.1 Å². The average molecular weight is 298 g/mol. The van der Waals surface area contributed by atoms with Gasteiger partial charge in [-0.15, -0.1) is 0 Å². The maximum atomic E-state index is 12.8. The Morgan fingerprint density at radius 3 is 2.32 bits per heavy atom. The Kier molecular flexibility index (Phi) is 4.76. The minimum Gasteiger partial charge on any atom is -0.423 e. The highest BCUT2D eigenvalue weighted by atomic mass is 19.1. The number of carbonyl (C=O) groups is 1. The molecule has 0 saturated heterocycles. The van der Waals surface area contributed by atoms with Crippen LogP contribution in [0, 0.1) is 5.82 Å². The van der Waals surface area contributed by atoms with Gasteiger partial charge in [0, 0.05) is 11.6 Å². The predicted octanol–water partition coefficient (Wildman–Crippen LogP) is 4.74. The third-order valence-electron chi connectivity index (χ3n) is 3.19. The van der Waals surface area contributed by atoms with Crippen LogP contribution in [-0.4, -0.2) is 5.97 Å². The lowest BCUT2D eigenvalue weighted by atomic mass is 9.86. The second-order valence-electron chi connectivity index (χ2n) is 6.05. The second-order valence-corrected chi connectivity index (χ2v) is 6.05. The lowest BCUT2D eigenvalue weighted by molar-refractivity contribution is -0.128. The third-order valence-corrected chi connectivity index (χ3v) is 3.19. The van der Waals surface area contributed by atoms with E-state index in [9.17, 15) is 9.18 Å². The Balaban J connectivity index is 2.11. The van der Waals surface area contributed by atoms with Crippen molar-refractivity contribution in [2.75, 3.05) is 0 Å². The third kappa shape index (κ3) is 4.29. The van der Waals surface area contributed by atoms with Crippen LogP contribution in [-0.2, 0) is 10.2 Å². The van der Waals surface area contributed by atoms with Gasteiger partial charge in [-0.3, -0.25) is 0 Å². The van der Waals surface area contributed by atoms with Crippen molar-refractivity contribution in [3.8, 4) is 5.75 Å². The van der Waals surface area contributed by atoms with Gasteiger partial charge in [0.1, 0.15) is 11.6 Å². The van der Waals surface area contributed by atoms with Crippen molar-refractivity contribution in [3.63, 3.8) is 0 Å². The van der Waals surface area contributed by atoms with Crippen LogP contribution in [0.1, 0.15) is 31.9 Å². The largest absolute Gasteiger partial charge is 0.423 e. The Bertz CT molecular complexity index is 679. The molecule has 0 fully saturated rings. The number of halogens is 1. The monoisotopic (exact) mass is 298 g/mol. The topological polar surface area (TPSA) is 26.3 Å². The van der Waals surface area contributed by atoms with Crippen LogP contribution in [0.5, 0.6) is 5.75 Å². The standard InChI is InChI=1S/C19H19FO2/c1-19(2,3)16-6-4-5-7-17(16)22-18(21)13-10-14-8-11-15(20)12-9-14/h4-13H,1-3H3/b13-10+. The van der Waals surface area contributed by atoms with Crippen LogP contribution in [0.25, 0.3) is 6.08 Å². The summed E-state index contributed by atoms with van der Waals surface area (Å²) in [5.41, 5.74) is 1.60. The van der Waals surface area contributed by atoms with Crippen molar-refractivity contribution in [3.05, 3.63) is 71.6 Å². The molecular weight excluding hydrogens is 279 g/mol. The van der Waals surface area contributed by atoms with Gasteiger partial charge in [0.25, 0.3) is 0 Å². The summed E-state index contributed by atoms with van der Waals surface area (Å²) in [6.45, 7) is 6.19. The minimum absolute atomic E-state index is 0.114. The SMILES string of the molecule is CC(C)(C)c1ccccc1OC(=O)/C=C/c1ccc(F)cc1. The van der Waals surface area contributed by atoms with Gasteiger partial charge in [0.05, 0.1) is 0 Å². The van der Waals surface area contributed by atoms with Crippen LogP contribution in [0.4, 0.5) is 4.39 Å². The first-order chi connectivity index (χ1) is 10.4. The van der Waals surface area contributed by atoms with Crippen molar-refractivity contribution >= 4 is 12.0 Å². The van der Waals surface area contributed by atoms with Gasteiger partial charge in [-0.25, -0.2) is 9.18 Å². The van der Waals surface area contributed by atoms with E-state index >= 15 is 0 Å². The molecule has 0 N–H and O–H groups in total. The number of rotatable bonds is 3. The molecule has 0 spiro atoms. The maximum absolute atomic E-state index is 12.8. The highest BCUT2D eigenvalue weighted by Gasteiger charge is 2.19. The molecule has 0 heterocycles. The summed E-state index contributed by atoms with van der Waals surface area (Å²) in [7, 11) is 0. The van der Waals surface area contributed by atoms with Crippen molar-refractivity contribution in [2.24, 2.45) is 0 Å². The molecule has 2 nitrogen and oxygen atoms in total. The summed E-state index contributed by atoms with van der Waals surface area (Å²) in [5, 5.41) is 0. The molecule has 0 aliphatic carbocycles. The van der Waals surface area contributed by atoms with E-state index in [4.69, 9.17) is 4.74 Å². The predicted molar refractivity (Wildman–Crippen MR) is 86.2 cm³/mol. The summed E-state index contributed by atoms with van der Waals surface area (Å²) >= 11 is 0. The van der Waals surface area contributed by atoms with Crippen molar-refractivity contribution < 1.29 is 13.9 Å². The molecule has 3 heteroatoms. The molecule has 2 aromatic carbocycles. The van der Waals surface area contributed by atoms with Gasteiger partial charge in [-0.1, -0.05) is 51.1 Å². The zero-order chi connectivity index (χ0) is 16.2. The highest BCUT2D eigenvalue weighted by molar-refractivity contribution is 5.88. The van der Waals surface area contributed by atoms with Gasteiger partial charge >= 0.3 is 5.97 Å². The fourth-order valence-electron chi connectivity index (χ4n) is 2.06. The van der Waals surface area contributed by atoms with E-state index < -0.39 is 5.97 Å². The van der Waals surface area contributed by atoms with Crippen LogP contribution in [0.15, 0.2) is 54.6 Å². The number of carbonyl (C=O) groups excluding carboxylic acids is 1. The number of para-hydroxylation sites is 1. The number of esters is 1. The van der Waals surface area contributed by atoms with Crippen molar-refractivity contribution in [2.45, 2.75) is 26.2 Å². The van der Waals surface area contributed by atoms with E-state index in [0.29, 0.717) is 5.75 Å². The molecule has 0 saturated carbocycles. The Hall–Kier alpha value is -2.42. The fourth-order valence-corrected chi connectivity index (χ4v) is 2.06. The molecule has 0 aliphatic heterocycles. The zero-order valence-electron chi connectivity index (χ0n) is 13.0. The molecule has 2 aromatic rings. The van der Waals surface area contributed by atoms with Gasteiger partial charge in [0.15, 0.2) is 0 Å². The first-order valence-corrected chi connectivity index (χ1v) is 7.11. The first kappa shape index (κ1) is 16.0. The Morgan fingerprint density at radius 1 is 1.05 bits per heavy atom. The van der Waals surface area contributed by atoms with E-state index in [2.05, 4.69) is 20.8 Å². The summed E-state index contributed by atoms with van der Waals surface area (Å²) in [4.78, 5) is 11.9. The Morgan fingerprint density at radius 2 is 1.68 bits per heavy atom. The second kappa shape index (κ2) is 6.56. The molecule has 22 heavy (non-hydrogen) atoms. The Labute approximate surface area is 130 Å². The molecule has 0 atom stereocenters. The van der Waals surface area contributed by atoms with Crippen molar-refractivity contribution in [1.29, 1.82) is 0 Å². The van der Waals surface area contributed by atoms with Crippen LogP contribution >= 0.6 is 0 Å². The van der Waals surface area contributed by atoms with Gasteiger partial charge < -0.3 is 4.74 Å². The molecule has 114 valence electrons. The highest BCUT2D eigenvalue weighted by Crippen LogP contribution is 2.31. The van der Waals surface area contributed by atoms with E-state index in [1.807, 2.05) is 18.2 Å². The molecule has 0 aromatic heterocycles. The van der Waals surface area contributed by atoms with Gasteiger partial charge in [-0.2, -0.15) is 0 Å². The number of hydrogen-bond acceptors (Lipinski definition) is 2. The lowest BCUT2D eigenvalue weighted by Gasteiger charge is -2.21. The van der Waals surface area contributed by atoms with Gasteiger partial charge in [-0.05, 0) is 35.3 Å². The van der Waals surface area contributed by atoms with E-state index in [-0.39, 0.29) is 11.2 Å². The molecule has 0 aliphatic rings. The summed E-state index contributed by atoms with van der Waals surface area (Å²) in [6.07, 6.45) is 2.94. The van der Waals surface area contributed by atoms with Crippen LogP contribution in [0.3, 0.4) is 0 Å². The number of ether oxygens (including phenoxy) is 1. The quantitative estimate of drug-likeness (QED) is 0.464. The maximum Gasteiger partial charge on any atom is 0.336 e. The van der Waals surface area contributed by atoms with E-state index in [1.54, 1.807) is 24.3 Å². The minimum atomic E-state index is -0.457. The number of hydrogen-bond donors (Lipinski definition) is 0. The first-order valence-electron chi connectivity index (χ1n) is 7.11. The lowest BCUT2D eigenvalue weighted by Crippen LogP contribution is -2.15. The molecular formula is C19H19FO2. The summed E-state index contributed by atoms with van der Waals surface area (Å²) in [6, 6.07) is 13.4. The molecule has 0 radical (unpaired) electrons. The molecule has 0 bridgehead atoms. The smallest absolute Gasteiger partial charge is 0.336 e. The molecule has 0 unspecified atom stereocenters. The fraction of sp³-hybridized carbons (Fsp3) is 0.211. The molecule has 0 amide bonds. The summed E-state index contributed by atoms with van der Waals surface area (Å²) in [5.74, 6) is -0.205. The number of benzene rings is 2. The van der Waals surface area contributed by atoms with Gasteiger partial charge in [0.2, 0.25) is 0 Å². The zero-order valence-corrected chi connectivity index (χ0v) is 13.0. The van der Waals surface area contributed by atoms with Crippen molar-refractivity contribution in [1.82, 2.24) is 0 Å². The van der Waals surface area contributed by atoms with Crippen LogP contribution in [0.2, 0.25) is 0 Å². The average Bonchev–Trinajstić information content (AvgIpc) is 2.46.